The first kappa shape index (κ1) is 21.7. The highest BCUT2D eigenvalue weighted by Gasteiger charge is 2.36. The molecule has 0 saturated heterocycles. The molecule has 0 fully saturated rings. The molecule has 2 aromatic carbocycles. The van der Waals surface area contributed by atoms with Crippen LogP contribution in [-0.2, 0) is 25.6 Å². The molecule has 0 aliphatic carbocycles. The predicted octanol–water partition coefficient (Wildman–Crippen LogP) is 1.27. The van der Waals surface area contributed by atoms with Gasteiger partial charge in [-0.15, -0.1) is 0 Å². The van der Waals surface area contributed by atoms with Gasteiger partial charge in [-0.2, -0.15) is 0 Å². The number of hydrogen-bond donors (Lipinski definition) is 0. The third-order valence-electron chi connectivity index (χ3n) is 4.78. The van der Waals surface area contributed by atoms with Crippen molar-refractivity contribution in [1.82, 2.24) is 9.80 Å². The van der Waals surface area contributed by atoms with Gasteiger partial charge in [0.25, 0.3) is 17.7 Å². The van der Waals surface area contributed by atoms with Gasteiger partial charge in [-0.3, -0.25) is 28.9 Å². The van der Waals surface area contributed by atoms with Crippen LogP contribution < -0.4 is 0 Å². The summed E-state index contributed by atoms with van der Waals surface area (Å²) in [4.78, 5) is 63.8. The van der Waals surface area contributed by atoms with Crippen LogP contribution in [0.25, 0.3) is 0 Å². The van der Waals surface area contributed by atoms with Gasteiger partial charge in [-0.1, -0.05) is 30.3 Å². The second-order valence-corrected chi connectivity index (χ2v) is 6.76. The van der Waals surface area contributed by atoms with E-state index < -0.39 is 42.7 Å². The Morgan fingerprint density at radius 1 is 0.839 bits per heavy atom. The van der Waals surface area contributed by atoms with Crippen molar-refractivity contribution in [2.75, 3.05) is 27.3 Å². The zero-order valence-corrected chi connectivity index (χ0v) is 17.0. The number of fused-ring (bicyclic) bond motifs is 1. The van der Waals surface area contributed by atoms with Gasteiger partial charge >= 0.3 is 11.9 Å². The highest BCUT2D eigenvalue weighted by atomic mass is 16.5. The molecule has 0 atom stereocenters. The van der Waals surface area contributed by atoms with Crippen molar-refractivity contribution >= 4 is 29.7 Å². The molecule has 9 heteroatoms. The molecule has 0 saturated carbocycles. The van der Waals surface area contributed by atoms with Gasteiger partial charge in [0.2, 0.25) is 0 Å². The molecule has 0 radical (unpaired) electrons. The summed E-state index contributed by atoms with van der Waals surface area (Å²) in [6, 6.07) is 13.1. The second kappa shape index (κ2) is 9.21. The van der Waals surface area contributed by atoms with Gasteiger partial charge in [-0.05, 0) is 23.8 Å². The smallest absolute Gasteiger partial charge is 0.325 e. The molecule has 3 rings (SSSR count). The van der Waals surface area contributed by atoms with Crippen LogP contribution in [0.1, 0.15) is 36.6 Å². The summed E-state index contributed by atoms with van der Waals surface area (Å²) in [6.45, 7) is -0.851. The van der Waals surface area contributed by atoms with Gasteiger partial charge in [0.15, 0.2) is 0 Å². The molecule has 0 aromatic heterocycles. The zero-order chi connectivity index (χ0) is 22.5. The Bertz CT molecular complexity index is 1030. The van der Waals surface area contributed by atoms with Crippen LogP contribution >= 0.6 is 0 Å². The van der Waals surface area contributed by atoms with Crippen LogP contribution in [0, 0.1) is 0 Å². The number of imide groups is 1. The van der Waals surface area contributed by atoms with Gasteiger partial charge in [0.1, 0.15) is 13.1 Å². The molecular formula is C22H20N2O7. The summed E-state index contributed by atoms with van der Waals surface area (Å²) >= 11 is 0. The van der Waals surface area contributed by atoms with E-state index in [0.717, 1.165) is 29.6 Å². The Kier molecular flexibility index (Phi) is 6.44. The highest BCUT2D eigenvalue weighted by molar-refractivity contribution is 6.22. The molecule has 0 bridgehead atoms. The summed E-state index contributed by atoms with van der Waals surface area (Å²) in [5, 5.41) is 0. The van der Waals surface area contributed by atoms with E-state index in [4.69, 9.17) is 0 Å². The third kappa shape index (κ3) is 4.61. The van der Waals surface area contributed by atoms with Crippen LogP contribution in [0.2, 0.25) is 0 Å². The normalized spacial score (nSPS) is 12.4. The molecular weight excluding hydrogens is 404 g/mol. The Hall–Kier alpha value is -4.01. The molecule has 1 aliphatic heterocycles. The van der Waals surface area contributed by atoms with Gasteiger partial charge in [-0.25, -0.2) is 0 Å². The third-order valence-corrected chi connectivity index (χ3v) is 4.78. The molecule has 9 nitrogen and oxygen atoms in total. The average molecular weight is 424 g/mol. The number of nitrogens with zero attached hydrogens (tertiary/aromatic N) is 2. The first-order chi connectivity index (χ1) is 14.8. The lowest BCUT2D eigenvalue weighted by atomic mass is 10.0. The van der Waals surface area contributed by atoms with Crippen LogP contribution in [0.3, 0.4) is 0 Å². The van der Waals surface area contributed by atoms with Gasteiger partial charge < -0.3 is 14.4 Å². The minimum Gasteiger partial charge on any atom is -0.468 e. The monoisotopic (exact) mass is 424 g/mol. The van der Waals surface area contributed by atoms with Crippen molar-refractivity contribution in [3.8, 4) is 0 Å². The summed E-state index contributed by atoms with van der Waals surface area (Å²) in [5.74, 6) is -3.10. The number of benzene rings is 2. The summed E-state index contributed by atoms with van der Waals surface area (Å²) in [5.41, 5.74) is 1.11. The number of methoxy groups -OCH3 is 2. The van der Waals surface area contributed by atoms with Crippen LogP contribution in [0.5, 0.6) is 0 Å². The average Bonchev–Trinajstić information content (AvgIpc) is 3.02. The predicted molar refractivity (Wildman–Crippen MR) is 107 cm³/mol. The van der Waals surface area contributed by atoms with Crippen LogP contribution in [-0.4, -0.2) is 66.8 Å². The Morgan fingerprint density at radius 3 is 2.00 bits per heavy atom. The topological polar surface area (TPSA) is 110 Å². The Labute approximate surface area is 178 Å². The lowest BCUT2D eigenvalue weighted by Gasteiger charge is -2.20. The molecule has 1 aliphatic rings. The van der Waals surface area contributed by atoms with E-state index in [2.05, 4.69) is 9.47 Å². The minimum atomic E-state index is -0.723. The quantitative estimate of drug-likeness (QED) is 0.486. The fourth-order valence-electron chi connectivity index (χ4n) is 3.16. The first-order valence-electron chi connectivity index (χ1n) is 9.32. The lowest BCUT2D eigenvalue weighted by molar-refractivity contribution is -0.144. The standard InChI is InChI=1S/C22H20N2O7/c1-30-18(25)12-23(13-19(26)31-2)20(27)15-8-9-16-17(10-15)22(29)24(21(16)28)11-14-6-4-3-5-7-14/h3-10H,11-13H2,1-2H3. The maximum Gasteiger partial charge on any atom is 0.325 e. The van der Waals surface area contributed by atoms with E-state index >= 15 is 0 Å². The van der Waals surface area contributed by atoms with E-state index in [0.29, 0.717) is 0 Å². The second-order valence-electron chi connectivity index (χ2n) is 6.76. The molecule has 160 valence electrons. The number of hydrogen-bond acceptors (Lipinski definition) is 7. The van der Waals surface area contributed by atoms with E-state index in [1.165, 1.54) is 18.2 Å². The van der Waals surface area contributed by atoms with E-state index in [1.807, 2.05) is 18.2 Å². The fraction of sp³-hybridized carbons (Fsp3) is 0.227. The van der Waals surface area contributed by atoms with Gasteiger partial charge in [0.05, 0.1) is 31.9 Å². The number of amides is 3. The summed E-state index contributed by atoms with van der Waals surface area (Å²) in [7, 11) is 2.31. The summed E-state index contributed by atoms with van der Waals surface area (Å²) in [6.07, 6.45) is 0. The zero-order valence-electron chi connectivity index (χ0n) is 17.0. The van der Waals surface area contributed by atoms with Crippen LogP contribution in [0.4, 0.5) is 0 Å². The lowest BCUT2D eigenvalue weighted by Crippen LogP contribution is -2.40. The number of rotatable bonds is 7. The maximum absolute atomic E-state index is 12.9. The van der Waals surface area contributed by atoms with E-state index in [1.54, 1.807) is 12.1 Å². The summed E-state index contributed by atoms with van der Waals surface area (Å²) < 4.78 is 9.13. The van der Waals surface area contributed by atoms with Crippen molar-refractivity contribution in [2.24, 2.45) is 0 Å². The number of esters is 2. The van der Waals surface area contributed by atoms with Crippen molar-refractivity contribution in [2.45, 2.75) is 6.54 Å². The molecule has 1 heterocycles. The van der Waals surface area contributed by atoms with Gasteiger partial charge in [0, 0.05) is 5.56 Å². The van der Waals surface area contributed by atoms with Crippen molar-refractivity contribution in [3.05, 3.63) is 70.8 Å². The van der Waals surface area contributed by atoms with Crippen molar-refractivity contribution < 1.29 is 33.4 Å². The first-order valence-corrected chi connectivity index (χ1v) is 9.32. The molecule has 0 spiro atoms. The largest absolute Gasteiger partial charge is 0.468 e. The molecule has 2 aromatic rings. The number of carbonyl (C=O) groups excluding carboxylic acids is 5. The highest BCUT2D eigenvalue weighted by Crippen LogP contribution is 2.26. The number of carbonyl (C=O) groups is 5. The van der Waals surface area contributed by atoms with Crippen molar-refractivity contribution in [1.29, 1.82) is 0 Å². The minimum absolute atomic E-state index is 0.0502. The van der Waals surface area contributed by atoms with Crippen LogP contribution in [0.15, 0.2) is 48.5 Å². The SMILES string of the molecule is COC(=O)CN(CC(=O)OC)C(=O)c1ccc2c(c1)C(=O)N(Cc1ccccc1)C2=O. The molecule has 0 unspecified atom stereocenters. The Morgan fingerprint density at radius 2 is 1.42 bits per heavy atom. The van der Waals surface area contributed by atoms with Crippen molar-refractivity contribution in [3.63, 3.8) is 0 Å². The Balaban J connectivity index is 1.86. The van der Waals surface area contributed by atoms with E-state index in [9.17, 15) is 24.0 Å². The number of ether oxygens (including phenoxy) is 2. The fourth-order valence-corrected chi connectivity index (χ4v) is 3.16. The van der Waals surface area contributed by atoms with E-state index in [-0.39, 0.29) is 23.2 Å². The molecule has 31 heavy (non-hydrogen) atoms. The molecule has 0 N–H and O–H groups in total. The maximum atomic E-state index is 12.9. The molecule has 3 amide bonds.